The Balaban J connectivity index is 1.83. The van der Waals surface area contributed by atoms with Crippen LogP contribution in [0.3, 0.4) is 0 Å². The highest BCUT2D eigenvalue weighted by Gasteiger charge is 2.31. The van der Waals surface area contributed by atoms with Crippen molar-refractivity contribution in [2.45, 2.75) is 44.2 Å². The summed E-state index contributed by atoms with van der Waals surface area (Å²) < 4.78 is 16.5. The van der Waals surface area contributed by atoms with Gasteiger partial charge in [0.2, 0.25) is 0 Å². The van der Waals surface area contributed by atoms with Crippen LogP contribution in [0.5, 0.6) is 0 Å². The van der Waals surface area contributed by atoms with Crippen molar-refractivity contribution in [1.82, 2.24) is 9.38 Å². The van der Waals surface area contributed by atoms with Gasteiger partial charge in [0.05, 0.1) is 0 Å². The van der Waals surface area contributed by atoms with Crippen LogP contribution in [0.15, 0.2) is 30.7 Å². The molecule has 0 unspecified atom stereocenters. The Bertz CT molecular complexity index is 512. The van der Waals surface area contributed by atoms with Gasteiger partial charge in [-0.1, -0.05) is 25.3 Å². The van der Waals surface area contributed by atoms with Gasteiger partial charge in [-0.2, -0.15) is 0 Å². The number of halogens is 1. The Hall–Kier alpha value is -1.38. The first-order chi connectivity index (χ1) is 8.25. The number of alkyl halides is 1. The van der Waals surface area contributed by atoms with Gasteiger partial charge in [0.1, 0.15) is 11.3 Å². The highest BCUT2D eigenvalue weighted by atomic mass is 19.1. The van der Waals surface area contributed by atoms with Crippen LogP contribution in [0.2, 0.25) is 0 Å². The van der Waals surface area contributed by atoms with E-state index in [-0.39, 0.29) is 0 Å². The molecular formula is C14H17FN2. The minimum atomic E-state index is -0.980. The SMILES string of the molecule is FC1(Cc2ccc3nccn3c2)CCCCC1. The molecule has 2 aromatic heterocycles. The van der Waals surface area contributed by atoms with E-state index in [0.717, 1.165) is 36.9 Å². The van der Waals surface area contributed by atoms with Crippen molar-refractivity contribution < 1.29 is 4.39 Å². The monoisotopic (exact) mass is 232 g/mol. The molecule has 0 bridgehead atoms. The van der Waals surface area contributed by atoms with Crippen LogP contribution in [0.25, 0.3) is 5.65 Å². The maximum atomic E-state index is 14.6. The van der Waals surface area contributed by atoms with Crippen molar-refractivity contribution in [3.05, 3.63) is 36.3 Å². The van der Waals surface area contributed by atoms with Gasteiger partial charge in [-0.3, -0.25) is 0 Å². The van der Waals surface area contributed by atoms with E-state index in [4.69, 9.17) is 0 Å². The number of nitrogens with zero attached hydrogens (tertiary/aromatic N) is 2. The number of fused-ring (bicyclic) bond motifs is 1. The second kappa shape index (κ2) is 4.13. The third-order valence-corrected chi connectivity index (χ3v) is 3.72. The molecule has 0 amide bonds. The Morgan fingerprint density at radius 1 is 1.24 bits per heavy atom. The Labute approximate surface area is 100 Å². The van der Waals surface area contributed by atoms with E-state index in [9.17, 15) is 4.39 Å². The standard InChI is InChI=1S/C14H17FN2/c15-14(6-2-1-3-7-14)10-12-4-5-13-16-8-9-17(13)11-12/h4-5,8-9,11H,1-3,6-7,10H2. The number of hydrogen-bond acceptors (Lipinski definition) is 1. The normalized spacial score (nSPS) is 19.6. The lowest BCUT2D eigenvalue weighted by Gasteiger charge is -2.29. The molecule has 2 nitrogen and oxygen atoms in total. The molecule has 0 saturated heterocycles. The summed E-state index contributed by atoms with van der Waals surface area (Å²) >= 11 is 0. The Kier molecular flexibility index (Phi) is 2.61. The summed E-state index contributed by atoms with van der Waals surface area (Å²) in [5.41, 5.74) is 1.01. The highest BCUT2D eigenvalue weighted by Crippen LogP contribution is 2.34. The molecule has 17 heavy (non-hydrogen) atoms. The Morgan fingerprint density at radius 3 is 2.88 bits per heavy atom. The fourth-order valence-corrected chi connectivity index (χ4v) is 2.80. The third-order valence-electron chi connectivity index (χ3n) is 3.72. The van der Waals surface area contributed by atoms with E-state index >= 15 is 0 Å². The summed E-state index contributed by atoms with van der Waals surface area (Å²) in [4.78, 5) is 4.19. The topological polar surface area (TPSA) is 17.3 Å². The number of imidazole rings is 1. The van der Waals surface area contributed by atoms with Crippen molar-refractivity contribution in [3.63, 3.8) is 0 Å². The summed E-state index contributed by atoms with van der Waals surface area (Å²) in [6.07, 6.45) is 10.9. The van der Waals surface area contributed by atoms with Crippen molar-refractivity contribution >= 4 is 5.65 Å². The predicted molar refractivity (Wildman–Crippen MR) is 65.8 cm³/mol. The lowest BCUT2D eigenvalue weighted by molar-refractivity contribution is 0.107. The number of hydrogen-bond donors (Lipinski definition) is 0. The van der Waals surface area contributed by atoms with Crippen LogP contribution in [-0.2, 0) is 6.42 Å². The number of rotatable bonds is 2. The first-order valence-electron chi connectivity index (χ1n) is 6.36. The van der Waals surface area contributed by atoms with Crippen LogP contribution in [-0.4, -0.2) is 15.1 Å². The second-order valence-corrected chi connectivity index (χ2v) is 5.12. The molecular weight excluding hydrogens is 215 g/mol. The van der Waals surface area contributed by atoms with E-state index in [0.29, 0.717) is 6.42 Å². The smallest absolute Gasteiger partial charge is 0.136 e. The zero-order valence-electron chi connectivity index (χ0n) is 9.90. The van der Waals surface area contributed by atoms with Gasteiger partial charge < -0.3 is 4.40 Å². The van der Waals surface area contributed by atoms with E-state index in [1.807, 2.05) is 28.9 Å². The number of aromatic nitrogens is 2. The van der Waals surface area contributed by atoms with Crippen LogP contribution in [0.4, 0.5) is 4.39 Å². The quantitative estimate of drug-likeness (QED) is 0.774. The molecule has 2 aromatic rings. The lowest BCUT2D eigenvalue weighted by Crippen LogP contribution is -2.28. The van der Waals surface area contributed by atoms with Gasteiger partial charge in [-0.15, -0.1) is 0 Å². The fourth-order valence-electron chi connectivity index (χ4n) is 2.80. The molecule has 3 rings (SSSR count). The van der Waals surface area contributed by atoms with Gasteiger partial charge >= 0.3 is 0 Å². The van der Waals surface area contributed by atoms with E-state index in [1.165, 1.54) is 6.42 Å². The maximum absolute atomic E-state index is 14.6. The summed E-state index contributed by atoms with van der Waals surface area (Å²) in [6.45, 7) is 0. The average molecular weight is 232 g/mol. The summed E-state index contributed by atoms with van der Waals surface area (Å²) in [7, 11) is 0. The van der Waals surface area contributed by atoms with Gasteiger partial charge in [0.25, 0.3) is 0 Å². The maximum Gasteiger partial charge on any atom is 0.136 e. The van der Waals surface area contributed by atoms with Gasteiger partial charge in [0, 0.05) is 25.0 Å². The molecule has 0 aromatic carbocycles. The van der Waals surface area contributed by atoms with Crippen molar-refractivity contribution in [2.75, 3.05) is 0 Å². The average Bonchev–Trinajstić information content (AvgIpc) is 2.76. The van der Waals surface area contributed by atoms with Crippen molar-refractivity contribution in [3.8, 4) is 0 Å². The van der Waals surface area contributed by atoms with Crippen LogP contribution in [0.1, 0.15) is 37.7 Å². The first-order valence-corrected chi connectivity index (χ1v) is 6.36. The first kappa shape index (κ1) is 10.8. The lowest BCUT2D eigenvalue weighted by atomic mass is 9.82. The fraction of sp³-hybridized carbons (Fsp3) is 0.500. The zero-order valence-corrected chi connectivity index (χ0v) is 9.90. The molecule has 1 aliphatic rings. The van der Waals surface area contributed by atoms with Gasteiger partial charge in [0.15, 0.2) is 0 Å². The minimum absolute atomic E-state index is 0.543. The zero-order chi connectivity index (χ0) is 11.7. The van der Waals surface area contributed by atoms with Gasteiger partial charge in [-0.05, 0) is 24.5 Å². The molecule has 2 heterocycles. The molecule has 1 saturated carbocycles. The van der Waals surface area contributed by atoms with Crippen LogP contribution >= 0.6 is 0 Å². The van der Waals surface area contributed by atoms with E-state index in [1.54, 1.807) is 6.20 Å². The second-order valence-electron chi connectivity index (χ2n) is 5.12. The van der Waals surface area contributed by atoms with Gasteiger partial charge in [-0.25, -0.2) is 9.37 Å². The molecule has 0 spiro atoms. The molecule has 0 N–H and O–H groups in total. The highest BCUT2D eigenvalue weighted by molar-refractivity contribution is 5.39. The molecule has 0 atom stereocenters. The molecule has 1 fully saturated rings. The largest absolute Gasteiger partial charge is 0.307 e. The molecule has 0 aliphatic heterocycles. The van der Waals surface area contributed by atoms with Crippen molar-refractivity contribution in [1.29, 1.82) is 0 Å². The van der Waals surface area contributed by atoms with Crippen molar-refractivity contribution in [2.24, 2.45) is 0 Å². The van der Waals surface area contributed by atoms with E-state index < -0.39 is 5.67 Å². The van der Waals surface area contributed by atoms with Crippen LogP contribution < -0.4 is 0 Å². The van der Waals surface area contributed by atoms with E-state index in [2.05, 4.69) is 4.98 Å². The minimum Gasteiger partial charge on any atom is -0.307 e. The molecule has 1 aliphatic carbocycles. The molecule has 0 radical (unpaired) electrons. The summed E-state index contributed by atoms with van der Waals surface area (Å²) in [6, 6.07) is 3.96. The molecule has 90 valence electrons. The predicted octanol–water partition coefficient (Wildman–Crippen LogP) is 3.55. The molecule has 3 heteroatoms. The van der Waals surface area contributed by atoms with Crippen LogP contribution in [0, 0.1) is 0 Å². The number of pyridine rings is 1. The summed E-state index contributed by atoms with van der Waals surface area (Å²) in [5, 5.41) is 0. The summed E-state index contributed by atoms with van der Waals surface area (Å²) in [5.74, 6) is 0. The third kappa shape index (κ3) is 2.19. The Morgan fingerprint density at radius 2 is 2.06 bits per heavy atom.